The molecule has 0 radical (unpaired) electrons. The lowest BCUT2D eigenvalue weighted by Crippen LogP contribution is -2.56. The molecule has 47 heavy (non-hydrogen) atoms. The van der Waals surface area contributed by atoms with Crippen LogP contribution in [0.25, 0.3) is 10.9 Å². The molecule has 0 aliphatic heterocycles. The van der Waals surface area contributed by atoms with Gasteiger partial charge in [0, 0.05) is 18.5 Å². The highest BCUT2D eigenvalue weighted by Crippen LogP contribution is 2.20. The van der Waals surface area contributed by atoms with Gasteiger partial charge in [0.2, 0.25) is 21.8 Å². The molecule has 0 unspecified atom stereocenters. The highest BCUT2D eigenvalue weighted by atomic mass is 32.2. The van der Waals surface area contributed by atoms with E-state index in [1.807, 2.05) is 26.0 Å². The molecule has 3 aromatic carbocycles. The smallest absolute Gasteiger partial charge is 0.270 e. The van der Waals surface area contributed by atoms with Crippen LogP contribution in [0.2, 0.25) is 0 Å². The zero-order valence-electron chi connectivity index (χ0n) is 26.0. The minimum atomic E-state index is -4.17. The van der Waals surface area contributed by atoms with E-state index in [0.29, 0.717) is 5.52 Å². The number of nitrogens with one attached hydrogen (secondary N) is 2. The van der Waals surface area contributed by atoms with Crippen molar-refractivity contribution in [3.63, 3.8) is 0 Å². The van der Waals surface area contributed by atoms with Crippen LogP contribution >= 0.6 is 0 Å². The molecule has 13 heteroatoms. The number of sulfonamides is 1. The van der Waals surface area contributed by atoms with Crippen molar-refractivity contribution in [3.8, 4) is 0 Å². The number of rotatable bonds is 15. The zero-order valence-corrected chi connectivity index (χ0v) is 26.9. The van der Waals surface area contributed by atoms with E-state index in [0.717, 1.165) is 39.5 Å². The number of para-hydroxylation sites is 1. The summed E-state index contributed by atoms with van der Waals surface area (Å²) in [5.41, 5.74) is 6.73. The number of amides is 3. The van der Waals surface area contributed by atoms with E-state index in [-0.39, 0.29) is 29.5 Å². The van der Waals surface area contributed by atoms with E-state index in [2.05, 4.69) is 15.6 Å². The lowest BCUT2D eigenvalue weighted by Gasteiger charge is -2.31. The summed E-state index contributed by atoms with van der Waals surface area (Å²) in [6.45, 7) is 3.24. The number of aliphatic hydroxyl groups excluding tert-OH is 1. The average Bonchev–Trinajstić information content (AvgIpc) is 3.03. The van der Waals surface area contributed by atoms with E-state index in [1.54, 1.807) is 48.5 Å². The first kappa shape index (κ1) is 35.1. The molecule has 3 amide bonds. The van der Waals surface area contributed by atoms with Crippen molar-refractivity contribution in [2.45, 2.75) is 49.8 Å². The summed E-state index contributed by atoms with van der Waals surface area (Å²) in [4.78, 5) is 42.9. The molecule has 1 heterocycles. The second kappa shape index (κ2) is 15.7. The third-order valence-corrected chi connectivity index (χ3v) is 9.21. The first-order chi connectivity index (χ1) is 22.3. The summed E-state index contributed by atoms with van der Waals surface area (Å²) in [6, 6.07) is 21.1. The molecule has 1 aromatic heterocycles. The Hall–Kier alpha value is -4.72. The van der Waals surface area contributed by atoms with Gasteiger partial charge in [-0.2, -0.15) is 4.31 Å². The van der Waals surface area contributed by atoms with Crippen LogP contribution in [-0.4, -0.2) is 71.8 Å². The fourth-order valence-electron chi connectivity index (χ4n) is 5.04. The number of hydrogen-bond donors (Lipinski definition) is 4. The van der Waals surface area contributed by atoms with Crippen molar-refractivity contribution in [1.82, 2.24) is 19.9 Å². The number of primary amides is 1. The number of hydrogen-bond acceptors (Lipinski definition) is 7. The van der Waals surface area contributed by atoms with Crippen molar-refractivity contribution in [3.05, 3.63) is 108 Å². The predicted molar refractivity (Wildman–Crippen MR) is 175 cm³/mol. The molecule has 3 atom stereocenters. The number of carbonyl (C=O) groups excluding carboxylic acids is 3. The lowest BCUT2D eigenvalue weighted by atomic mass is 10.00. The van der Waals surface area contributed by atoms with Crippen LogP contribution < -0.4 is 16.4 Å². The van der Waals surface area contributed by atoms with E-state index in [9.17, 15) is 32.3 Å². The van der Waals surface area contributed by atoms with Crippen LogP contribution in [0.15, 0.2) is 95.9 Å². The second-order valence-corrected chi connectivity index (χ2v) is 13.6. The Labute approximate surface area is 273 Å². The van der Waals surface area contributed by atoms with Gasteiger partial charge in [-0.3, -0.25) is 14.4 Å². The monoisotopic (exact) mass is 663 g/mol. The summed E-state index contributed by atoms with van der Waals surface area (Å²) >= 11 is 0. The van der Waals surface area contributed by atoms with Gasteiger partial charge in [0.1, 0.15) is 17.6 Å². The topological polar surface area (TPSA) is 172 Å². The van der Waals surface area contributed by atoms with Gasteiger partial charge in [0.05, 0.1) is 29.0 Å². The van der Waals surface area contributed by atoms with E-state index in [1.165, 1.54) is 6.07 Å². The highest BCUT2D eigenvalue weighted by molar-refractivity contribution is 7.89. The van der Waals surface area contributed by atoms with Gasteiger partial charge < -0.3 is 21.5 Å². The Morgan fingerprint density at radius 2 is 1.55 bits per heavy atom. The van der Waals surface area contributed by atoms with Gasteiger partial charge >= 0.3 is 0 Å². The van der Waals surface area contributed by atoms with Gasteiger partial charge in [-0.1, -0.05) is 68.4 Å². The van der Waals surface area contributed by atoms with Gasteiger partial charge in [-0.15, -0.1) is 0 Å². The normalized spacial score (nSPS) is 13.7. The van der Waals surface area contributed by atoms with Crippen LogP contribution in [0.5, 0.6) is 0 Å². The zero-order chi connectivity index (χ0) is 34.1. The third kappa shape index (κ3) is 9.64. The summed E-state index contributed by atoms with van der Waals surface area (Å²) in [7, 11) is -4.17. The summed E-state index contributed by atoms with van der Waals surface area (Å²) in [5, 5.41) is 17.6. The van der Waals surface area contributed by atoms with Crippen LogP contribution in [0.3, 0.4) is 0 Å². The first-order valence-electron chi connectivity index (χ1n) is 15.1. The van der Waals surface area contributed by atoms with Crippen LogP contribution in [0, 0.1) is 11.7 Å². The quantitative estimate of drug-likeness (QED) is 0.151. The van der Waals surface area contributed by atoms with Crippen molar-refractivity contribution >= 4 is 38.6 Å². The molecule has 5 N–H and O–H groups in total. The Kier molecular flexibility index (Phi) is 11.8. The number of pyridine rings is 1. The van der Waals surface area contributed by atoms with Crippen LogP contribution in [-0.2, 0) is 26.0 Å². The maximum atomic E-state index is 13.6. The molecule has 11 nitrogen and oxygen atoms in total. The molecular formula is C34H38FN5O6S. The predicted octanol–water partition coefficient (Wildman–Crippen LogP) is 2.78. The molecule has 248 valence electrons. The minimum Gasteiger partial charge on any atom is -0.390 e. The van der Waals surface area contributed by atoms with Gasteiger partial charge in [0.15, 0.2) is 0 Å². The molecule has 0 bridgehead atoms. The Morgan fingerprint density at radius 1 is 0.894 bits per heavy atom. The molecule has 0 saturated carbocycles. The molecule has 0 saturated heterocycles. The van der Waals surface area contributed by atoms with Gasteiger partial charge in [-0.05, 0) is 54.3 Å². The molecular weight excluding hydrogens is 625 g/mol. The SMILES string of the molecule is CC(C)CN(C[C@@H](O)[C@H](Cc1ccccc1)NC(=O)[C@H](CC(N)=O)NC(=O)c1ccc2ccccc2n1)S(=O)(=O)c1ccc(F)cc1. The number of fused-ring (bicyclic) bond motifs is 1. The van der Waals surface area contributed by atoms with E-state index in [4.69, 9.17) is 5.73 Å². The largest absolute Gasteiger partial charge is 0.390 e. The average molecular weight is 664 g/mol. The molecule has 4 aromatic rings. The number of nitrogens with two attached hydrogens (primary N) is 1. The molecule has 0 spiro atoms. The van der Waals surface area contributed by atoms with Crippen molar-refractivity contribution in [2.24, 2.45) is 11.7 Å². The standard InChI is InChI=1S/C34H38FN5O6S/c1-22(2)20-40(47(45,46)26-15-13-25(35)14-16-26)21-31(41)29(18-23-8-4-3-5-9-23)38-34(44)30(19-32(36)42)39-33(43)28-17-12-24-10-6-7-11-27(24)37-28/h3-17,22,29-31,41H,18-21H2,1-2H3,(H2,36,42)(H,38,44)(H,39,43)/t29-,30-,31+/m0/s1. The maximum Gasteiger partial charge on any atom is 0.270 e. The van der Waals surface area contributed by atoms with Gasteiger partial charge in [0.25, 0.3) is 5.91 Å². The Bertz CT molecular complexity index is 1810. The second-order valence-electron chi connectivity index (χ2n) is 11.6. The fourth-order valence-corrected chi connectivity index (χ4v) is 6.66. The minimum absolute atomic E-state index is 0.0159. The lowest BCUT2D eigenvalue weighted by molar-refractivity contribution is -0.128. The van der Waals surface area contributed by atoms with Gasteiger partial charge in [-0.25, -0.2) is 17.8 Å². The summed E-state index contributed by atoms with van der Waals surface area (Å²) in [6.07, 6.45) is -1.90. The Balaban J connectivity index is 1.59. The maximum absolute atomic E-state index is 13.6. The molecule has 0 aliphatic carbocycles. The third-order valence-electron chi connectivity index (χ3n) is 7.36. The number of aliphatic hydroxyl groups is 1. The number of carbonyl (C=O) groups is 3. The van der Waals surface area contributed by atoms with Crippen molar-refractivity contribution in [2.75, 3.05) is 13.1 Å². The van der Waals surface area contributed by atoms with E-state index < -0.39 is 64.7 Å². The number of nitrogens with zero attached hydrogens (tertiary/aromatic N) is 2. The highest BCUT2D eigenvalue weighted by Gasteiger charge is 2.33. The Morgan fingerprint density at radius 3 is 2.21 bits per heavy atom. The van der Waals surface area contributed by atoms with Crippen molar-refractivity contribution in [1.29, 1.82) is 0 Å². The summed E-state index contributed by atoms with van der Waals surface area (Å²) < 4.78 is 41.8. The fraction of sp³-hybridized carbons (Fsp3) is 0.294. The molecule has 0 aliphatic rings. The van der Waals surface area contributed by atoms with E-state index >= 15 is 0 Å². The van der Waals surface area contributed by atoms with Crippen molar-refractivity contribution < 1.29 is 32.3 Å². The van der Waals surface area contributed by atoms with Crippen LogP contribution in [0.1, 0.15) is 36.3 Å². The first-order valence-corrected chi connectivity index (χ1v) is 16.5. The van der Waals surface area contributed by atoms with Crippen LogP contribution in [0.4, 0.5) is 4.39 Å². The molecule has 4 rings (SSSR count). The number of halogens is 1. The summed E-state index contributed by atoms with van der Waals surface area (Å²) in [5.74, 6) is -3.12. The molecule has 0 fully saturated rings. The number of aromatic nitrogens is 1. The number of benzene rings is 3.